The first kappa shape index (κ1) is 25.8. The molecule has 1 saturated carbocycles. The van der Waals surface area contributed by atoms with Crippen LogP contribution >= 0.6 is 23.9 Å². The minimum Gasteiger partial charge on any atom is -0.412 e. The summed E-state index contributed by atoms with van der Waals surface area (Å²) in [5, 5.41) is 2.29. The second kappa shape index (κ2) is 11.1. The van der Waals surface area contributed by atoms with Crippen molar-refractivity contribution in [2.75, 3.05) is 44.2 Å². The Kier molecular flexibility index (Phi) is 8.69. The molecule has 8 nitrogen and oxygen atoms in total. The van der Waals surface area contributed by atoms with Crippen molar-refractivity contribution in [1.29, 1.82) is 0 Å². The molecule has 3 heterocycles. The van der Waals surface area contributed by atoms with Crippen LogP contribution in [0.25, 0.3) is 10.1 Å². The van der Waals surface area contributed by atoms with Crippen LogP contribution in [-0.2, 0) is 14.4 Å². The summed E-state index contributed by atoms with van der Waals surface area (Å²) in [6, 6.07) is 8.40. The van der Waals surface area contributed by atoms with Gasteiger partial charge in [0.2, 0.25) is 0 Å². The van der Waals surface area contributed by atoms with Crippen molar-refractivity contribution in [3.05, 3.63) is 24.3 Å². The van der Waals surface area contributed by atoms with Crippen molar-refractivity contribution in [3.8, 4) is 0 Å². The third kappa shape index (κ3) is 5.49. The van der Waals surface area contributed by atoms with Crippen molar-refractivity contribution in [2.24, 2.45) is 5.41 Å². The van der Waals surface area contributed by atoms with E-state index in [1.54, 1.807) is 11.5 Å². The quantitative estimate of drug-likeness (QED) is 0.450. The standard InChI is InChI=1S/C23H30N4O3S.ClH.H2O/c28-20-16-23(8-3-4-9-23)17-21(29)27(20)30-15-5-10-25-11-13-26(14-12-25)22-18-6-1-2-7-19(18)31-24-22;;/h1-2,6-7H,3-5,8-17H2;1H;1H2. The number of fused-ring (bicyclic) bond motifs is 1. The number of hydrogen-bond acceptors (Lipinski definition) is 7. The highest BCUT2D eigenvalue weighted by Gasteiger charge is 2.45. The van der Waals surface area contributed by atoms with Crippen molar-refractivity contribution in [3.63, 3.8) is 0 Å². The van der Waals surface area contributed by atoms with Gasteiger partial charge in [0.15, 0.2) is 0 Å². The summed E-state index contributed by atoms with van der Waals surface area (Å²) in [5.41, 5.74) is -0.0731. The van der Waals surface area contributed by atoms with Crippen LogP contribution in [0.3, 0.4) is 0 Å². The zero-order chi connectivity index (χ0) is 21.3. The van der Waals surface area contributed by atoms with Gasteiger partial charge in [0.1, 0.15) is 5.82 Å². The predicted octanol–water partition coefficient (Wildman–Crippen LogP) is 3.05. The van der Waals surface area contributed by atoms with Crippen LogP contribution in [0.4, 0.5) is 5.82 Å². The highest BCUT2D eigenvalue weighted by atomic mass is 35.5. The van der Waals surface area contributed by atoms with E-state index in [-0.39, 0.29) is 35.1 Å². The van der Waals surface area contributed by atoms with Crippen molar-refractivity contribution < 1.29 is 19.9 Å². The number of hydrogen-bond donors (Lipinski definition) is 0. The Labute approximate surface area is 204 Å². The van der Waals surface area contributed by atoms with Gasteiger partial charge in [-0.25, -0.2) is 0 Å². The van der Waals surface area contributed by atoms with E-state index in [0.717, 1.165) is 75.7 Å². The van der Waals surface area contributed by atoms with Crippen LogP contribution in [0.2, 0.25) is 0 Å². The Bertz CT molecular complexity index is 937. The van der Waals surface area contributed by atoms with Gasteiger partial charge in [0.05, 0.1) is 11.3 Å². The SMILES string of the molecule is Cl.O.O=C1CC2(CCCC2)CC(=O)N1OCCCN1CCN(c2nsc3ccccc23)CC1. The molecule has 0 unspecified atom stereocenters. The molecule has 1 spiro atoms. The normalized spacial score (nSPS) is 20.8. The van der Waals surface area contributed by atoms with E-state index in [0.29, 0.717) is 19.4 Å². The molecule has 0 bridgehead atoms. The summed E-state index contributed by atoms with van der Waals surface area (Å²) >= 11 is 1.56. The Morgan fingerprint density at radius 3 is 2.36 bits per heavy atom. The number of anilines is 1. The summed E-state index contributed by atoms with van der Waals surface area (Å²) in [6.45, 7) is 5.19. The molecule has 2 N–H and O–H groups in total. The van der Waals surface area contributed by atoms with Crippen LogP contribution in [0.15, 0.2) is 24.3 Å². The van der Waals surface area contributed by atoms with Gasteiger partial charge in [-0.05, 0) is 48.3 Å². The lowest BCUT2D eigenvalue weighted by atomic mass is 9.77. The average Bonchev–Trinajstić information content (AvgIpc) is 3.40. The van der Waals surface area contributed by atoms with Gasteiger partial charge < -0.3 is 10.4 Å². The number of rotatable bonds is 6. The Hall–Kier alpha value is -1.78. The number of imide groups is 1. The summed E-state index contributed by atoms with van der Waals surface area (Å²) in [4.78, 5) is 35.3. The molecule has 3 fully saturated rings. The monoisotopic (exact) mass is 496 g/mol. The Balaban J connectivity index is 0.00000153. The lowest BCUT2D eigenvalue weighted by molar-refractivity contribution is -0.205. The maximum Gasteiger partial charge on any atom is 0.254 e. The summed E-state index contributed by atoms with van der Waals surface area (Å²) in [5.74, 6) is 0.801. The third-order valence-corrected chi connectivity index (χ3v) is 7.86. The van der Waals surface area contributed by atoms with Crippen molar-refractivity contribution in [1.82, 2.24) is 14.3 Å². The number of halogens is 1. The lowest BCUT2D eigenvalue weighted by Gasteiger charge is -2.36. The molecule has 2 aliphatic heterocycles. The van der Waals surface area contributed by atoms with Gasteiger partial charge in [-0.1, -0.05) is 25.0 Å². The van der Waals surface area contributed by atoms with E-state index >= 15 is 0 Å². The molecule has 2 saturated heterocycles. The summed E-state index contributed by atoms with van der Waals surface area (Å²) < 4.78 is 5.91. The predicted molar refractivity (Wildman–Crippen MR) is 132 cm³/mol. The highest BCUT2D eigenvalue weighted by molar-refractivity contribution is 7.13. The van der Waals surface area contributed by atoms with E-state index in [1.165, 1.54) is 10.1 Å². The van der Waals surface area contributed by atoms with Crippen LogP contribution in [0.1, 0.15) is 44.9 Å². The van der Waals surface area contributed by atoms with E-state index in [1.807, 2.05) is 0 Å². The number of aromatic nitrogens is 1. The second-order valence-electron chi connectivity index (χ2n) is 9.16. The third-order valence-electron chi connectivity index (χ3n) is 7.04. The molecule has 1 aliphatic carbocycles. The number of nitrogens with zero attached hydrogens (tertiary/aromatic N) is 4. The number of carbonyl (C=O) groups is 2. The maximum absolute atomic E-state index is 12.5. The van der Waals surface area contributed by atoms with Gasteiger partial charge in [-0.2, -0.15) is 9.44 Å². The molecule has 0 radical (unpaired) electrons. The second-order valence-corrected chi connectivity index (χ2v) is 9.97. The number of piperidine rings is 1. The molecule has 0 atom stereocenters. The van der Waals surface area contributed by atoms with E-state index in [4.69, 9.17) is 4.84 Å². The number of amides is 2. The maximum atomic E-state index is 12.5. The zero-order valence-corrected chi connectivity index (χ0v) is 20.5. The molecule has 1 aromatic heterocycles. The average molecular weight is 497 g/mol. The fraction of sp³-hybridized carbons (Fsp3) is 0.609. The largest absolute Gasteiger partial charge is 0.412 e. The van der Waals surface area contributed by atoms with Gasteiger partial charge in [-0.3, -0.25) is 19.3 Å². The number of carbonyl (C=O) groups excluding carboxylic acids is 2. The fourth-order valence-electron chi connectivity index (χ4n) is 5.34. The summed E-state index contributed by atoms with van der Waals surface area (Å²) in [7, 11) is 0. The Morgan fingerprint density at radius 2 is 1.67 bits per heavy atom. The first-order valence-electron chi connectivity index (χ1n) is 11.4. The fourth-order valence-corrected chi connectivity index (χ4v) is 6.13. The van der Waals surface area contributed by atoms with E-state index in [2.05, 4.69) is 38.4 Å². The first-order chi connectivity index (χ1) is 15.1. The molecular formula is C23H33ClN4O4S. The van der Waals surface area contributed by atoms with Crippen LogP contribution < -0.4 is 4.90 Å². The van der Waals surface area contributed by atoms with E-state index in [9.17, 15) is 9.59 Å². The van der Waals surface area contributed by atoms with Crippen LogP contribution in [0, 0.1) is 5.41 Å². The van der Waals surface area contributed by atoms with Crippen molar-refractivity contribution >= 4 is 51.7 Å². The first-order valence-corrected chi connectivity index (χ1v) is 12.2. The summed E-state index contributed by atoms with van der Waals surface area (Å²) in [6.07, 6.45) is 6.00. The minimum atomic E-state index is -0.151. The number of benzene rings is 1. The number of hydroxylamine groups is 2. The van der Waals surface area contributed by atoms with Gasteiger partial charge in [0.25, 0.3) is 11.8 Å². The van der Waals surface area contributed by atoms with Crippen LogP contribution in [-0.4, -0.2) is 71.0 Å². The minimum absolute atomic E-state index is 0. The molecule has 2 amide bonds. The van der Waals surface area contributed by atoms with Gasteiger partial charge in [-0.15, -0.1) is 12.4 Å². The van der Waals surface area contributed by atoms with E-state index < -0.39 is 0 Å². The number of piperazine rings is 1. The molecule has 5 rings (SSSR count). The van der Waals surface area contributed by atoms with Crippen molar-refractivity contribution in [2.45, 2.75) is 44.9 Å². The molecule has 182 valence electrons. The molecular weight excluding hydrogens is 464 g/mol. The van der Waals surface area contributed by atoms with Crippen LogP contribution in [0.5, 0.6) is 0 Å². The zero-order valence-electron chi connectivity index (χ0n) is 18.8. The molecule has 1 aromatic carbocycles. The Morgan fingerprint density at radius 1 is 1.00 bits per heavy atom. The van der Waals surface area contributed by atoms with Gasteiger partial charge >= 0.3 is 0 Å². The topological polar surface area (TPSA) is 97.5 Å². The van der Waals surface area contributed by atoms with Gasteiger partial charge in [0, 0.05) is 51.0 Å². The molecule has 33 heavy (non-hydrogen) atoms. The lowest BCUT2D eigenvalue weighted by Crippen LogP contribution is -2.48. The molecule has 2 aromatic rings. The highest BCUT2D eigenvalue weighted by Crippen LogP contribution is 2.46. The smallest absolute Gasteiger partial charge is 0.254 e. The molecule has 10 heteroatoms. The molecule has 3 aliphatic rings.